The molecular formula is C9H17ClO3. The molecule has 4 heteroatoms. The number of hydrogen-bond donors (Lipinski definition) is 1. The van der Waals surface area contributed by atoms with Gasteiger partial charge in [0.1, 0.15) is 0 Å². The summed E-state index contributed by atoms with van der Waals surface area (Å²) >= 11 is 5.53. The first kappa shape index (κ1) is 12.7. The summed E-state index contributed by atoms with van der Waals surface area (Å²) in [4.78, 5) is 11.4. The van der Waals surface area contributed by atoms with Crippen LogP contribution in [-0.2, 0) is 9.53 Å². The quantitative estimate of drug-likeness (QED) is 0.551. The maximum atomic E-state index is 11.4. The van der Waals surface area contributed by atoms with Crippen LogP contribution in [0.25, 0.3) is 0 Å². The fourth-order valence-corrected chi connectivity index (χ4v) is 1.28. The lowest BCUT2D eigenvalue weighted by Crippen LogP contribution is -2.39. The zero-order chi connectivity index (χ0) is 10.5. The summed E-state index contributed by atoms with van der Waals surface area (Å²) in [6.45, 7) is 3.28. The van der Waals surface area contributed by atoms with Gasteiger partial charge in [0.05, 0.1) is 18.6 Å². The summed E-state index contributed by atoms with van der Waals surface area (Å²) in [5, 5.41) is 9.46. The predicted molar refractivity (Wildman–Crippen MR) is 51.8 cm³/mol. The van der Waals surface area contributed by atoms with Crippen LogP contribution in [-0.4, -0.2) is 30.2 Å². The zero-order valence-electron chi connectivity index (χ0n) is 8.34. The maximum Gasteiger partial charge on any atom is 0.314 e. The van der Waals surface area contributed by atoms with Gasteiger partial charge in [-0.15, -0.1) is 11.6 Å². The van der Waals surface area contributed by atoms with Crippen molar-refractivity contribution in [3.63, 3.8) is 0 Å². The van der Waals surface area contributed by atoms with Gasteiger partial charge >= 0.3 is 5.97 Å². The van der Waals surface area contributed by atoms with Crippen molar-refractivity contribution in [2.75, 3.05) is 13.0 Å². The van der Waals surface area contributed by atoms with Crippen molar-refractivity contribution in [1.29, 1.82) is 0 Å². The van der Waals surface area contributed by atoms with E-state index in [1.165, 1.54) is 7.11 Å². The molecule has 13 heavy (non-hydrogen) atoms. The van der Waals surface area contributed by atoms with E-state index in [2.05, 4.69) is 4.74 Å². The molecule has 3 nitrogen and oxygen atoms in total. The van der Waals surface area contributed by atoms with E-state index in [9.17, 15) is 9.90 Å². The van der Waals surface area contributed by atoms with Gasteiger partial charge in [-0.3, -0.25) is 4.79 Å². The fraction of sp³-hybridized carbons (Fsp3) is 0.889. The third-order valence-corrected chi connectivity index (χ3v) is 2.67. The van der Waals surface area contributed by atoms with E-state index in [-0.39, 0.29) is 5.97 Å². The third kappa shape index (κ3) is 3.16. The molecule has 0 amide bonds. The molecule has 0 saturated heterocycles. The van der Waals surface area contributed by atoms with Crippen molar-refractivity contribution in [2.24, 2.45) is 5.41 Å². The first-order valence-electron chi connectivity index (χ1n) is 4.31. The number of halogens is 1. The van der Waals surface area contributed by atoms with Crippen molar-refractivity contribution < 1.29 is 14.6 Å². The van der Waals surface area contributed by atoms with Crippen LogP contribution in [0.4, 0.5) is 0 Å². The molecule has 0 bridgehead atoms. The third-order valence-electron chi connectivity index (χ3n) is 2.40. The highest BCUT2D eigenvalue weighted by Crippen LogP contribution is 2.29. The summed E-state index contributed by atoms with van der Waals surface area (Å²) in [6, 6.07) is 0. The standard InChI is InChI=1S/C9H17ClO3/c1-7(11)9(2,5-4-6-10)8(12)13-3/h7,11H,4-6H2,1-3H3. The van der Waals surface area contributed by atoms with Gasteiger partial charge in [0.2, 0.25) is 0 Å². The van der Waals surface area contributed by atoms with Crippen LogP contribution >= 0.6 is 11.6 Å². The Balaban J connectivity index is 4.43. The number of rotatable bonds is 5. The SMILES string of the molecule is COC(=O)C(C)(CCCCl)C(C)O. The van der Waals surface area contributed by atoms with Crippen LogP contribution in [0.3, 0.4) is 0 Å². The molecule has 0 aliphatic rings. The highest BCUT2D eigenvalue weighted by Gasteiger charge is 2.38. The Kier molecular flexibility index (Phi) is 5.33. The minimum absolute atomic E-state index is 0.382. The van der Waals surface area contributed by atoms with Crippen LogP contribution < -0.4 is 0 Å². The van der Waals surface area contributed by atoms with Crippen molar-refractivity contribution in [2.45, 2.75) is 32.8 Å². The highest BCUT2D eigenvalue weighted by atomic mass is 35.5. The van der Waals surface area contributed by atoms with E-state index in [0.717, 1.165) is 0 Å². The second-order valence-corrected chi connectivity index (χ2v) is 3.76. The normalized spacial score (nSPS) is 17.6. The highest BCUT2D eigenvalue weighted by molar-refractivity contribution is 6.17. The summed E-state index contributed by atoms with van der Waals surface area (Å²) in [7, 11) is 1.32. The maximum absolute atomic E-state index is 11.4. The van der Waals surface area contributed by atoms with E-state index in [1.54, 1.807) is 13.8 Å². The zero-order valence-corrected chi connectivity index (χ0v) is 9.10. The number of alkyl halides is 1. The van der Waals surface area contributed by atoms with E-state index in [4.69, 9.17) is 11.6 Å². The first-order valence-corrected chi connectivity index (χ1v) is 4.85. The number of carbonyl (C=O) groups is 1. The predicted octanol–water partition coefficient (Wildman–Crippen LogP) is 1.57. The van der Waals surface area contributed by atoms with Crippen molar-refractivity contribution in [3.8, 4) is 0 Å². The van der Waals surface area contributed by atoms with Crippen LogP contribution in [0.2, 0.25) is 0 Å². The molecule has 0 heterocycles. The smallest absolute Gasteiger partial charge is 0.314 e. The number of methoxy groups -OCH3 is 1. The molecule has 0 spiro atoms. The molecule has 0 saturated carbocycles. The van der Waals surface area contributed by atoms with Crippen LogP contribution in [0.1, 0.15) is 26.7 Å². The second-order valence-electron chi connectivity index (χ2n) is 3.38. The molecular weight excluding hydrogens is 192 g/mol. The Labute approximate surface area is 84.0 Å². The van der Waals surface area contributed by atoms with Gasteiger partial charge in [-0.05, 0) is 26.7 Å². The average Bonchev–Trinajstić information content (AvgIpc) is 2.12. The Bertz CT molecular complexity index is 170. The van der Waals surface area contributed by atoms with Crippen LogP contribution in [0, 0.1) is 5.41 Å². The topological polar surface area (TPSA) is 46.5 Å². The molecule has 0 aliphatic heterocycles. The Morgan fingerprint density at radius 1 is 1.69 bits per heavy atom. The molecule has 2 unspecified atom stereocenters. The lowest BCUT2D eigenvalue weighted by Gasteiger charge is -2.29. The molecule has 0 aromatic rings. The van der Waals surface area contributed by atoms with E-state index in [1.807, 2.05) is 0 Å². The number of carbonyl (C=O) groups excluding carboxylic acids is 1. The number of hydrogen-bond acceptors (Lipinski definition) is 3. The van der Waals surface area contributed by atoms with Gasteiger partial charge in [-0.2, -0.15) is 0 Å². The summed E-state index contributed by atoms with van der Waals surface area (Å²) in [5.41, 5.74) is -0.830. The Morgan fingerprint density at radius 2 is 2.23 bits per heavy atom. The molecule has 1 N–H and O–H groups in total. The molecule has 0 aliphatic carbocycles. The van der Waals surface area contributed by atoms with Gasteiger partial charge in [-0.1, -0.05) is 0 Å². The lowest BCUT2D eigenvalue weighted by molar-refractivity contribution is -0.158. The monoisotopic (exact) mass is 208 g/mol. The van der Waals surface area contributed by atoms with Crippen molar-refractivity contribution in [1.82, 2.24) is 0 Å². The first-order chi connectivity index (χ1) is 5.99. The van der Waals surface area contributed by atoms with Crippen LogP contribution in [0.15, 0.2) is 0 Å². The van der Waals surface area contributed by atoms with Gasteiger partial charge < -0.3 is 9.84 Å². The molecule has 0 aromatic heterocycles. The minimum Gasteiger partial charge on any atom is -0.469 e. The van der Waals surface area contributed by atoms with Gasteiger partial charge in [0.15, 0.2) is 0 Å². The van der Waals surface area contributed by atoms with E-state index < -0.39 is 11.5 Å². The molecule has 0 fully saturated rings. The van der Waals surface area contributed by atoms with Gasteiger partial charge in [-0.25, -0.2) is 0 Å². The van der Waals surface area contributed by atoms with Crippen LogP contribution in [0.5, 0.6) is 0 Å². The number of aliphatic hydroxyl groups is 1. The minimum atomic E-state index is -0.830. The summed E-state index contributed by atoms with van der Waals surface area (Å²) < 4.78 is 4.63. The average molecular weight is 209 g/mol. The number of esters is 1. The molecule has 2 atom stereocenters. The molecule has 0 rings (SSSR count). The summed E-state index contributed by atoms with van der Waals surface area (Å²) in [6.07, 6.45) is 0.516. The fourth-order valence-electron chi connectivity index (χ4n) is 1.15. The van der Waals surface area contributed by atoms with E-state index in [0.29, 0.717) is 18.7 Å². The number of ether oxygens (including phenoxy) is 1. The summed E-state index contributed by atoms with van der Waals surface area (Å²) in [5.74, 6) is 0.104. The van der Waals surface area contributed by atoms with E-state index >= 15 is 0 Å². The molecule has 0 aromatic carbocycles. The lowest BCUT2D eigenvalue weighted by atomic mass is 9.81. The molecule has 78 valence electrons. The number of aliphatic hydroxyl groups excluding tert-OH is 1. The molecule has 0 radical (unpaired) electrons. The van der Waals surface area contributed by atoms with Crippen molar-refractivity contribution in [3.05, 3.63) is 0 Å². The Morgan fingerprint density at radius 3 is 2.54 bits per heavy atom. The van der Waals surface area contributed by atoms with Gasteiger partial charge in [0, 0.05) is 5.88 Å². The largest absolute Gasteiger partial charge is 0.469 e. The second kappa shape index (κ2) is 5.45. The Hall–Kier alpha value is -0.280. The van der Waals surface area contributed by atoms with Crippen molar-refractivity contribution >= 4 is 17.6 Å². The van der Waals surface area contributed by atoms with Gasteiger partial charge in [0.25, 0.3) is 0 Å².